The summed E-state index contributed by atoms with van der Waals surface area (Å²) in [5, 5.41) is 13.0. The summed E-state index contributed by atoms with van der Waals surface area (Å²) in [6.45, 7) is 0. The third-order valence-corrected chi connectivity index (χ3v) is 2.64. The Labute approximate surface area is 104 Å². The summed E-state index contributed by atoms with van der Waals surface area (Å²) in [6.07, 6.45) is 1.41. The van der Waals surface area contributed by atoms with Gasteiger partial charge in [-0.2, -0.15) is 10.2 Å². The van der Waals surface area contributed by atoms with Crippen molar-refractivity contribution >= 4 is 11.6 Å². The fourth-order valence-electron chi connectivity index (χ4n) is 1.44. The SMILES string of the molecule is N#CCCc1nc(Cc2ccccc2Cl)no1. The molecule has 4 nitrogen and oxygen atoms in total. The number of halogens is 1. The first-order valence-electron chi connectivity index (χ1n) is 5.21. The minimum Gasteiger partial charge on any atom is -0.339 e. The number of hydrogen-bond acceptors (Lipinski definition) is 4. The highest BCUT2D eigenvalue weighted by atomic mass is 35.5. The molecule has 2 rings (SSSR count). The van der Waals surface area contributed by atoms with Crippen LogP contribution >= 0.6 is 11.6 Å². The number of nitriles is 1. The molecule has 0 saturated carbocycles. The average molecular weight is 248 g/mol. The summed E-state index contributed by atoms with van der Waals surface area (Å²) in [5.41, 5.74) is 0.960. The van der Waals surface area contributed by atoms with Crippen molar-refractivity contribution in [3.05, 3.63) is 46.6 Å². The Morgan fingerprint density at radius 1 is 1.35 bits per heavy atom. The highest BCUT2D eigenvalue weighted by Gasteiger charge is 2.08. The molecule has 0 fully saturated rings. The molecule has 86 valence electrons. The molecule has 0 saturated heterocycles. The van der Waals surface area contributed by atoms with E-state index in [2.05, 4.69) is 10.1 Å². The first-order valence-corrected chi connectivity index (χ1v) is 5.59. The van der Waals surface area contributed by atoms with Crippen molar-refractivity contribution in [2.24, 2.45) is 0 Å². The van der Waals surface area contributed by atoms with E-state index in [1.807, 2.05) is 30.3 Å². The minimum absolute atomic E-state index is 0.383. The van der Waals surface area contributed by atoms with E-state index in [4.69, 9.17) is 21.4 Å². The van der Waals surface area contributed by atoms with E-state index in [1.165, 1.54) is 0 Å². The molecule has 2 aromatic rings. The second kappa shape index (κ2) is 5.46. The van der Waals surface area contributed by atoms with Gasteiger partial charge in [0.2, 0.25) is 5.89 Å². The monoisotopic (exact) mass is 247 g/mol. The van der Waals surface area contributed by atoms with Gasteiger partial charge in [0.05, 0.1) is 6.07 Å². The number of rotatable bonds is 4. The van der Waals surface area contributed by atoms with E-state index in [0.29, 0.717) is 36.0 Å². The Bertz CT molecular complexity index is 545. The molecule has 0 aliphatic heterocycles. The molecule has 0 atom stereocenters. The van der Waals surface area contributed by atoms with E-state index in [-0.39, 0.29) is 0 Å². The zero-order chi connectivity index (χ0) is 12.1. The van der Waals surface area contributed by atoms with Crippen LogP contribution in [0.5, 0.6) is 0 Å². The lowest BCUT2D eigenvalue weighted by Crippen LogP contribution is -1.92. The largest absolute Gasteiger partial charge is 0.339 e. The maximum absolute atomic E-state index is 8.45. The highest BCUT2D eigenvalue weighted by molar-refractivity contribution is 6.31. The lowest BCUT2D eigenvalue weighted by molar-refractivity contribution is 0.375. The minimum atomic E-state index is 0.383. The summed E-state index contributed by atoms with van der Waals surface area (Å²) in [5.74, 6) is 1.08. The predicted octanol–water partition coefficient (Wildman–Crippen LogP) is 2.77. The van der Waals surface area contributed by atoms with Gasteiger partial charge < -0.3 is 4.52 Å². The van der Waals surface area contributed by atoms with E-state index in [1.54, 1.807) is 0 Å². The lowest BCUT2D eigenvalue weighted by Gasteiger charge is -1.98. The molecular weight excluding hydrogens is 238 g/mol. The van der Waals surface area contributed by atoms with Gasteiger partial charge >= 0.3 is 0 Å². The molecule has 17 heavy (non-hydrogen) atoms. The number of aromatic nitrogens is 2. The van der Waals surface area contributed by atoms with Crippen molar-refractivity contribution in [2.45, 2.75) is 19.3 Å². The number of nitrogens with zero attached hydrogens (tertiary/aromatic N) is 3. The third kappa shape index (κ3) is 3.05. The fraction of sp³-hybridized carbons (Fsp3) is 0.250. The molecule has 1 heterocycles. The van der Waals surface area contributed by atoms with Crippen LogP contribution < -0.4 is 0 Å². The summed E-state index contributed by atoms with van der Waals surface area (Å²) in [7, 11) is 0. The molecule has 0 aliphatic rings. The van der Waals surface area contributed by atoms with Gasteiger partial charge in [0, 0.05) is 24.3 Å². The van der Waals surface area contributed by atoms with Crippen molar-refractivity contribution in [1.29, 1.82) is 5.26 Å². The quantitative estimate of drug-likeness (QED) is 0.833. The van der Waals surface area contributed by atoms with Crippen molar-refractivity contribution in [3.63, 3.8) is 0 Å². The average Bonchev–Trinajstić information content (AvgIpc) is 2.77. The number of aryl methyl sites for hydroxylation is 1. The van der Waals surface area contributed by atoms with Crippen LogP contribution in [0.3, 0.4) is 0 Å². The van der Waals surface area contributed by atoms with E-state index >= 15 is 0 Å². The molecular formula is C12H10ClN3O. The molecule has 1 aromatic carbocycles. The van der Waals surface area contributed by atoms with Gasteiger partial charge in [-0.15, -0.1) is 0 Å². The second-order valence-electron chi connectivity index (χ2n) is 3.53. The first kappa shape index (κ1) is 11.6. The van der Waals surface area contributed by atoms with Gasteiger partial charge in [-0.3, -0.25) is 0 Å². The van der Waals surface area contributed by atoms with Gasteiger partial charge in [-0.05, 0) is 11.6 Å². The van der Waals surface area contributed by atoms with E-state index in [9.17, 15) is 0 Å². The Hall–Kier alpha value is -1.86. The summed E-state index contributed by atoms with van der Waals surface area (Å²) in [4.78, 5) is 4.20. The third-order valence-electron chi connectivity index (χ3n) is 2.27. The lowest BCUT2D eigenvalue weighted by atomic mass is 10.1. The molecule has 0 bridgehead atoms. The molecule has 0 unspecified atom stereocenters. The number of hydrogen-bond donors (Lipinski definition) is 0. The van der Waals surface area contributed by atoms with Gasteiger partial charge in [0.15, 0.2) is 5.82 Å². The van der Waals surface area contributed by atoms with Crippen LogP contribution in [-0.4, -0.2) is 10.1 Å². The van der Waals surface area contributed by atoms with Crippen LogP contribution in [0.4, 0.5) is 0 Å². The highest BCUT2D eigenvalue weighted by Crippen LogP contribution is 2.17. The van der Waals surface area contributed by atoms with Crippen LogP contribution in [0.2, 0.25) is 5.02 Å². The van der Waals surface area contributed by atoms with Crippen LogP contribution in [0.25, 0.3) is 0 Å². The maximum atomic E-state index is 8.45. The van der Waals surface area contributed by atoms with Gasteiger partial charge in [-0.1, -0.05) is 35.0 Å². The normalized spacial score (nSPS) is 10.1. The van der Waals surface area contributed by atoms with E-state index < -0.39 is 0 Å². The second-order valence-corrected chi connectivity index (χ2v) is 3.94. The molecule has 0 radical (unpaired) electrons. The van der Waals surface area contributed by atoms with Crippen LogP contribution in [-0.2, 0) is 12.8 Å². The van der Waals surface area contributed by atoms with E-state index in [0.717, 1.165) is 5.56 Å². The van der Waals surface area contributed by atoms with Gasteiger partial charge in [0.25, 0.3) is 0 Å². The number of benzene rings is 1. The summed E-state index contributed by atoms with van der Waals surface area (Å²) in [6, 6.07) is 9.58. The Kier molecular flexibility index (Phi) is 3.73. The topological polar surface area (TPSA) is 62.7 Å². The van der Waals surface area contributed by atoms with Crippen LogP contribution in [0, 0.1) is 11.3 Å². The summed E-state index contributed by atoms with van der Waals surface area (Å²) >= 11 is 6.04. The standard InChI is InChI=1S/C12H10ClN3O/c13-10-5-2-1-4-9(10)8-11-15-12(17-16-11)6-3-7-14/h1-2,4-5H,3,6,8H2. The Morgan fingerprint density at radius 2 is 2.18 bits per heavy atom. The smallest absolute Gasteiger partial charge is 0.227 e. The molecule has 0 amide bonds. The Morgan fingerprint density at radius 3 is 2.94 bits per heavy atom. The molecule has 5 heteroatoms. The van der Waals surface area contributed by atoms with Crippen molar-refractivity contribution in [3.8, 4) is 6.07 Å². The predicted molar refractivity (Wildman–Crippen MR) is 62.5 cm³/mol. The molecule has 0 aliphatic carbocycles. The van der Waals surface area contributed by atoms with Crippen molar-refractivity contribution < 1.29 is 4.52 Å². The molecule has 0 N–H and O–H groups in total. The molecule has 0 spiro atoms. The van der Waals surface area contributed by atoms with Crippen LogP contribution in [0.1, 0.15) is 23.7 Å². The van der Waals surface area contributed by atoms with Crippen molar-refractivity contribution in [1.82, 2.24) is 10.1 Å². The zero-order valence-corrected chi connectivity index (χ0v) is 9.81. The summed E-state index contributed by atoms with van der Waals surface area (Å²) < 4.78 is 5.02. The van der Waals surface area contributed by atoms with Gasteiger partial charge in [-0.25, -0.2) is 0 Å². The molecule has 1 aromatic heterocycles. The van der Waals surface area contributed by atoms with Gasteiger partial charge in [0.1, 0.15) is 0 Å². The maximum Gasteiger partial charge on any atom is 0.227 e. The zero-order valence-electron chi connectivity index (χ0n) is 9.06. The fourth-order valence-corrected chi connectivity index (χ4v) is 1.64. The van der Waals surface area contributed by atoms with Crippen molar-refractivity contribution in [2.75, 3.05) is 0 Å². The first-order chi connectivity index (χ1) is 8.29. The van der Waals surface area contributed by atoms with Crippen LogP contribution in [0.15, 0.2) is 28.8 Å². The Balaban J connectivity index is 2.07.